The molecular formula is C24H35N5O7. The summed E-state index contributed by atoms with van der Waals surface area (Å²) in [4.78, 5) is 51.7. The molecule has 12 heteroatoms. The molecule has 12 nitrogen and oxygen atoms in total. The molecule has 1 fully saturated rings. The Balaban J connectivity index is 1.58. The minimum absolute atomic E-state index is 0.222. The summed E-state index contributed by atoms with van der Waals surface area (Å²) in [7, 11) is 0. The number of aliphatic carboxylic acids is 1. The van der Waals surface area contributed by atoms with Gasteiger partial charge < -0.3 is 41.9 Å². The molecule has 1 aromatic rings. The third-order valence-corrected chi connectivity index (χ3v) is 6.71. The number of carbonyl (C=O) groups is 4. The number of benzene rings is 1. The maximum Gasteiger partial charge on any atom is 0.326 e. The summed E-state index contributed by atoms with van der Waals surface area (Å²) in [5.74, 6) is -2.98. The summed E-state index contributed by atoms with van der Waals surface area (Å²) in [6.07, 6.45) is 2.80. The lowest BCUT2D eigenvalue weighted by Crippen LogP contribution is -2.56. The number of hydrogen-bond acceptors (Lipinski definition) is 8. The number of nitrogens with two attached hydrogens (primary N) is 1. The Labute approximate surface area is 209 Å². The standard InChI is InChI=1S/C24H35N5O7/c1-13(21(32)28-16(24(35)36)5-2-3-7-25)27-22(33)18-6-4-8-29(18)23(34)17-9-14-10-19(30)20(31)11-15(14)12-26-17/h10-11,13,16-18,26,30-31H,2-9,12,25H2,1H3,(H,27,33)(H,28,32)(H,35,36)/t13-,16-,17+,18-/m0/s1. The van der Waals surface area contributed by atoms with E-state index in [0.717, 1.165) is 11.1 Å². The Morgan fingerprint density at radius 2 is 1.83 bits per heavy atom. The van der Waals surface area contributed by atoms with E-state index < -0.39 is 42.0 Å². The van der Waals surface area contributed by atoms with Crippen molar-refractivity contribution in [2.45, 2.75) is 76.2 Å². The lowest BCUT2D eigenvalue weighted by molar-refractivity contribution is -0.143. The van der Waals surface area contributed by atoms with Crippen molar-refractivity contribution >= 4 is 23.7 Å². The fourth-order valence-electron chi connectivity index (χ4n) is 4.64. The van der Waals surface area contributed by atoms with Crippen LogP contribution in [0.25, 0.3) is 0 Å². The third kappa shape index (κ3) is 6.43. The van der Waals surface area contributed by atoms with E-state index in [1.807, 2.05) is 0 Å². The van der Waals surface area contributed by atoms with Crippen molar-refractivity contribution in [1.29, 1.82) is 0 Å². The number of phenolic OH excluding ortho intramolecular Hbond substituents is 2. The van der Waals surface area contributed by atoms with Crippen LogP contribution in [-0.2, 0) is 32.1 Å². The van der Waals surface area contributed by atoms with Crippen molar-refractivity contribution in [3.63, 3.8) is 0 Å². The lowest BCUT2D eigenvalue weighted by Gasteiger charge is -2.32. The van der Waals surface area contributed by atoms with E-state index in [0.29, 0.717) is 51.7 Å². The van der Waals surface area contributed by atoms with Gasteiger partial charge in [-0.05, 0) is 75.3 Å². The van der Waals surface area contributed by atoms with Crippen LogP contribution in [-0.4, -0.2) is 81.2 Å². The number of hydrogen-bond donors (Lipinski definition) is 7. The van der Waals surface area contributed by atoms with E-state index in [2.05, 4.69) is 16.0 Å². The molecule has 0 radical (unpaired) electrons. The van der Waals surface area contributed by atoms with Crippen LogP contribution in [0.1, 0.15) is 50.2 Å². The Morgan fingerprint density at radius 1 is 1.14 bits per heavy atom. The average molecular weight is 506 g/mol. The molecule has 1 saturated heterocycles. The van der Waals surface area contributed by atoms with Crippen molar-refractivity contribution in [2.24, 2.45) is 5.73 Å². The number of nitrogens with zero attached hydrogens (tertiary/aromatic N) is 1. The molecule has 2 aliphatic heterocycles. The topological polar surface area (TPSA) is 194 Å². The maximum absolute atomic E-state index is 13.3. The van der Waals surface area contributed by atoms with Crippen molar-refractivity contribution in [1.82, 2.24) is 20.9 Å². The first-order valence-corrected chi connectivity index (χ1v) is 12.2. The smallest absolute Gasteiger partial charge is 0.326 e. The van der Waals surface area contributed by atoms with Crippen LogP contribution in [0, 0.1) is 0 Å². The van der Waals surface area contributed by atoms with Gasteiger partial charge in [0.2, 0.25) is 17.7 Å². The number of rotatable bonds is 10. The van der Waals surface area contributed by atoms with Crippen LogP contribution in [0.3, 0.4) is 0 Å². The molecule has 3 rings (SSSR count). The number of fused-ring (bicyclic) bond motifs is 1. The van der Waals surface area contributed by atoms with Gasteiger partial charge in [0.05, 0.1) is 6.04 Å². The average Bonchev–Trinajstić information content (AvgIpc) is 3.33. The summed E-state index contributed by atoms with van der Waals surface area (Å²) >= 11 is 0. The Kier molecular flexibility index (Phi) is 9.10. The molecule has 3 amide bonds. The van der Waals surface area contributed by atoms with E-state index in [9.17, 15) is 34.5 Å². The van der Waals surface area contributed by atoms with Gasteiger partial charge in [-0.15, -0.1) is 0 Å². The summed E-state index contributed by atoms with van der Waals surface area (Å²) in [5.41, 5.74) is 6.96. The van der Waals surface area contributed by atoms with Crippen LogP contribution in [0.5, 0.6) is 11.5 Å². The highest BCUT2D eigenvalue weighted by atomic mass is 16.4. The number of likely N-dealkylation sites (tertiary alicyclic amines) is 1. The fraction of sp³-hybridized carbons (Fsp3) is 0.583. The van der Waals surface area contributed by atoms with Gasteiger partial charge in [-0.3, -0.25) is 14.4 Å². The van der Waals surface area contributed by atoms with Crippen molar-refractivity contribution in [3.05, 3.63) is 23.3 Å². The van der Waals surface area contributed by atoms with E-state index in [1.165, 1.54) is 24.0 Å². The molecule has 2 aliphatic rings. The fourth-order valence-corrected chi connectivity index (χ4v) is 4.64. The first-order chi connectivity index (χ1) is 17.1. The molecular weight excluding hydrogens is 470 g/mol. The summed E-state index contributed by atoms with van der Waals surface area (Å²) < 4.78 is 0. The minimum Gasteiger partial charge on any atom is -0.504 e. The largest absolute Gasteiger partial charge is 0.504 e. The van der Waals surface area contributed by atoms with Crippen molar-refractivity contribution < 1.29 is 34.5 Å². The molecule has 8 N–H and O–H groups in total. The second kappa shape index (κ2) is 12.0. The van der Waals surface area contributed by atoms with Crippen molar-refractivity contribution in [3.8, 4) is 11.5 Å². The van der Waals surface area contributed by atoms with Crippen LogP contribution in [0.4, 0.5) is 0 Å². The number of amides is 3. The van der Waals surface area contributed by atoms with Crippen molar-refractivity contribution in [2.75, 3.05) is 13.1 Å². The maximum atomic E-state index is 13.3. The van der Waals surface area contributed by atoms with Crippen LogP contribution < -0.4 is 21.7 Å². The van der Waals surface area contributed by atoms with Gasteiger partial charge in [0, 0.05) is 13.1 Å². The molecule has 0 spiro atoms. The number of nitrogens with one attached hydrogen (secondary N) is 3. The quantitative estimate of drug-likeness (QED) is 0.159. The summed E-state index contributed by atoms with van der Waals surface area (Å²) in [5, 5.41) is 37.0. The zero-order valence-corrected chi connectivity index (χ0v) is 20.3. The van der Waals surface area contributed by atoms with Gasteiger partial charge in [-0.1, -0.05) is 0 Å². The first kappa shape index (κ1) is 27.2. The zero-order valence-electron chi connectivity index (χ0n) is 20.3. The number of carbonyl (C=O) groups excluding carboxylic acids is 3. The molecule has 0 saturated carbocycles. The predicted molar refractivity (Wildman–Crippen MR) is 129 cm³/mol. The minimum atomic E-state index is -1.16. The molecule has 0 bridgehead atoms. The van der Waals surface area contributed by atoms with E-state index in [-0.39, 0.29) is 23.8 Å². The molecule has 198 valence electrons. The molecule has 4 atom stereocenters. The number of carboxylic acids is 1. The molecule has 0 unspecified atom stereocenters. The Morgan fingerprint density at radius 3 is 2.50 bits per heavy atom. The Bertz CT molecular complexity index is 1000. The summed E-state index contributed by atoms with van der Waals surface area (Å²) in [6.45, 7) is 2.62. The number of unbranched alkanes of at least 4 members (excludes halogenated alkanes) is 1. The highest BCUT2D eigenvalue weighted by molar-refractivity contribution is 5.94. The highest BCUT2D eigenvalue weighted by Crippen LogP contribution is 2.31. The normalized spacial score (nSPS) is 20.8. The lowest BCUT2D eigenvalue weighted by atomic mass is 9.94. The van der Waals surface area contributed by atoms with Gasteiger partial charge in [0.1, 0.15) is 18.1 Å². The molecule has 2 heterocycles. The molecule has 0 aliphatic carbocycles. The van der Waals surface area contributed by atoms with Gasteiger partial charge in [-0.2, -0.15) is 0 Å². The monoisotopic (exact) mass is 505 g/mol. The van der Waals surface area contributed by atoms with E-state index >= 15 is 0 Å². The van der Waals surface area contributed by atoms with Gasteiger partial charge in [-0.25, -0.2) is 4.79 Å². The number of carboxylic acid groups (broad SMARTS) is 1. The predicted octanol–water partition coefficient (Wildman–Crippen LogP) is -0.694. The van der Waals surface area contributed by atoms with Gasteiger partial charge in [0.25, 0.3) is 0 Å². The second-order valence-corrected chi connectivity index (χ2v) is 9.35. The first-order valence-electron chi connectivity index (χ1n) is 12.2. The highest BCUT2D eigenvalue weighted by Gasteiger charge is 2.39. The number of aromatic hydroxyl groups is 2. The van der Waals surface area contributed by atoms with Gasteiger partial charge >= 0.3 is 5.97 Å². The third-order valence-electron chi connectivity index (χ3n) is 6.71. The van der Waals surface area contributed by atoms with E-state index in [4.69, 9.17) is 5.73 Å². The van der Waals surface area contributed by atoms with Crippen LogP contribution in [0.15, 0.2) is 12.1 Å². The van der Waals surface area contributed by atoms with Crippen LogP contribution >= 0.6 is 0 Å². The second-order valence-electron chi connectivity index (χ2n) is 9.35. The summed E-state index contributed by atoms with van der Waals surface area (Å²) in [6, 6.07) is -0.495. The number of phenols is 2. The Hall–Kier alpha value is -3.38. The molecule has 1 aromatic carbocycles. The zero-order chi connectivity index (χ0) is 26.4. The van der Waals surface area contributed by atoms with E-state index in [1.54, 1.807) is 0 Å². The van der Waals surface area contributed by atoms with Gasteiger partial charge in [0.15, 0.2) is 11.5 Å². The molecule has 0 aromatic heterocycles. The van der Waals surface area contributed by atoms with Crippen LogP contribution in [0.2, 0.25) is 0 Å². The SMILES string of the molecule is C[C@H](NC(=O)[C@@H]1CCCN1C(=O)[C@H]1Cc2cc(O)c(O)cc2CN1)C(=O)N[C@@H](CCCCN)C(=O)O. The molecule has 36 heavy (non-hydrogen) atoms.